The van der Waals surface area contributed by atoms with Crippen LogP contribution in [-0.4, -0.2) is 30.1 Å². The quantitative estimate of drug-likeness (QED) is 0.801. The summed E-state index contributed by atoms with van der Waals surface area (Å²) in [6, 6.07) is 1.52. The Bertz CT molecular complexity index is 219. The van der Waals surface area contributed by atoms with E-state index in [9.17, 15) is 0 Å². The largest absolute Gasteiger partial charge is 0.326 e. The molecule has 1 aliphatic rings. The fourth-order valence-corrected chi connectivity index (χ4v) is 2.90. The molecule has 0 heterocycles. The molecule has 1 aliphatic carbocycles. The maximum absolute atomic E-state index is 6.39. The van der Waals surface area contributed by atoms with Crippen LogP contribution in [0.1, 0.15) is 66.2 Å². The number of hydrogen-bond acceptors (Lipinski definition) is 2. The van der Waals surface area contributed by atoms with Crippen molar-refractivity contribution in [2.45, 2.75) is 84.3 Å². The molecule has 2 nitrogen and oxygen atoms in total. The van der Waals surface area contributed by atoms with Gasteiger partial charge in [-0.3, -0.25) is 4.90 Å². The number of nitrogens with two attached hydrogens (primary N) is 1. The molecule has 1 rings (SSSR count). The molecule has 0 spiro atoms. The average Bonchev–Trinajstić information content (AvgIpc) is 2.21. The first-order valence-electron chi connectivity index (χ1n) is 7.31. The smallest absolute Gasteiger partial charge is 0.0247 e. The highest BCUT2D eigenvalue weighted by atomic mass is 15.2. The first-order chi connectivity index (χ1) is 7.84. The van der Waals surface area contributed by atoms with Gasteiger partial charge in [0, 0.05) is 18.1 Å². The Morgan fingerprint density at radius 3 is 2.12 bits per heavy atom. The van der Waals surface area contributed by atoms with Crippen LogP contribution in [-0.2, 0) is 0 Å². The summed E-state index contributed by atoms with van der Waals surface area (Å²) in [6.45, 7) is 9.30. The second-order valence-electron chi connectivity index (χ2n) is 6.93. The van der Waals surface area contributed by atoms with Crippen molar-refractivity contribution in [1.29, 1.82) is 0 Å². The zero-order valence-electron chi connectivity index (χ0n) is 12.5. The Balaban J connectivity index is 2.66. The second-order valence-corrected chi connectivity index (χ2v) is 6.93. The Morgan fingerprint density at radius 1 is 1.06 bits per heavy atom. The molecular formula is C15H32N2. The van der Waals surface area contributed by atoms with Gasteiger partial charge >= 0.3 is 0 Å². The van der Waals surface area contributed by atoms with Gasteiger partial charge in [-0.05, 0) is 32.2 Å². The minimum absolute atomic E-state index is 0.330. The normalized spacial score (nSPS) is 29.8. The van der Waals surface area contributed by atoms with Crippen LogP contribution in [0.15, 0.2) is 0 Å². The molecule has 0 saturated heterocycles. The molecule has 2 heteroatoms. The SMILES string of the molecule is CC(N(C)C1CCCCCCC1N)C(C)(C)C. The van der Waals surface area contributed by atoms with E-state index < -0.39 is 0 Å². The number of hydrogen-bond donors (Lipinski definition) is 1. The highest BCUT2D eigenvalue weighted by Crippen LogP contribution is 2.28. The van der Waals surface area contributed by atoms with E-state index in [0.717, 1.165) is 0 Å². The van der Waals surface area contributed by atoms with Crippen LogP contribution in [0.2, 0.25) is 0 Å². The maximum Gasteiger partial charge on any atom is 0.0247 e. The van der Waals surface area contributed by atoms with E-state index in [-0.39, 0.29) is 0 Å². The lowest BCUT2D eigenvalue weighted by Crippen LogP contribution is -2.53. The molecule has 0 aromatic carbocycles. The minimum atomic E-state index is 0.330. The summed E-state index contributed by atoms with van der Waals surface area (Å²) in [4.78, 5) is 2.54. The number of rotatable bonds is 2. The third-order valence-corrected chi connectivity index (χ3v) is 4.67. The summed E-state index contributed by atoms with van der Waals surface area (Å²) in [5.41, 5.74) is 6.72. The van der Waals surface area contributed by atoms with E-state index in [1.54, 1.807) is 0 Å². The molecule has 0 bridgehead atoms. The van der Waals surface area contributed by atoms with Crippen LogP contribution in [0.3, 0.4) is 0 Å². The summed E-state index contributed by atoms with van der Waals surface area (Å²) in [5.74, 6) is 0. The predicted octanol–water partition coefficient (Wildman–Crippen LogP) is 3.40. The van der Waals surface area contributed by atoms with Crippen molar-refractivity contribution in [3.63, 3.8) is 0 Å². The van der Waals surface area contributed by atoms with E-state index in [4.69, 9.17) is 5.73 Å². The highest BCUT2D eigenvalue weighted by molar-refractivity contribution is 4.88. The van der Waals surface area contributed by atoms with Crippen molar-refractivity contribution in [3.8, 4) is 0 Å². The molecule has 0 amide bonds. The van der Waals surface area contributed by atoms with Gasteiger partial charge < -0.3 is 5.73 Å². The lowest BCUT2D eigenvalue weighted by molar-refractivity contribution is 0.0737. The molecule has 102 valence electrons. The van der Waals surface area contributed by atoms with Gasteiger partial charge in [-0.25, -0.2) is 0 Å². The van der Waals surface area contributed by atoms with Crippen molar-refractivity contribution in [2.75, 3.05) is 7.05 Å². The van der Waals surface area contributed by atoms with Crippen LogP contribution in [0.25, 0.3) is 0 Å². The van der Waals surface area contributed by atoms with Gasteiger partial charge in [0.1, 0.15) is 0 Å². The molecule has 0 radical (unpaired) electrons. The summed E-state index contributed by atoms with van der Waals surface area (Å²) < 4.78 is 0. The molecule has 0 aromatic heterocycles. The predicted molar refractivity (Wildman–Crippen MR) is 76.1 cm³/mol. The van der Waals surface area contributed by atoms with Crippen LogP contribution in [0, 0.1) is 5.41 Å². The standard InChI is InChI=1S/C15H32N2/c1-12(15(2,3)4)17(5)14-11-9-7-6-8-10-13(14)16/h12-14H,6-11,16H2,1-5H3. The average molecular weight is 240 g/mol. The Hall–Kier alpha value is -0.0800. The third kappa shape index (κ3) is 4.26. The maximum atomic E-state index is 6.39. The van der Waals surface area contributed by atoms with E-state index in [1.165, 1.54) is 38.5 Å². The zero-order chi connectivity index (χ0) is 13.1. The van der Waals surface area contributed by atoms with Gasteiger partial charge in [0.15, 0.2) is 0 Å². The number of nitrogens with zero attached hydrogens (tertiary/aromatic N) is 1. The van der Waals surface area contributed by atoms with Crippen LogP contribution in [0.4, 0.5) is 0 Å². The lowest BCUT2D eigenvalue weighted by atomic mass is 9.84. The van der Waals surface area contributed by atoms with E-state index in [1.807, 2.05) is 0 Å². The lowest BCUT2D eigenvalue weighted by Gasteiger charge is -2.43. The van der Waals surface area contributed by atoms with Gasteiger partial charge in [-0.1, -0.05) is 46.5 Å². The first-order valence-corrected chi connectivity index (χ1v) is 7.31. The van der Waals surface area contributed by atoms with Crippen molar-refractivity contribution in [2.24, 2.45) is 11.1 Å². The van der Waals surface area contributed by atoms with Crippen LogP contribution in [0.5, 0.6) is 0 Å². The molecule has 1 fully saturated rings. The molecular weight excluding hydrogens is 208 g/mol. The van der Waals surface area contributed by atoms with Crippen molar-refractivity contribution in [1.82, 2.24) is 4.90 Å². The molecule has 3 atom stereocenters. The molecule has 3 unspecified atom stereocenters. The molecule has 0 aromatic rings. The van der Waals surface area contributed by atoms with Crippen LogP contribution >= 0.6 is 0 Å². The Labute approximate surface area is 108 Å². The van der Waals surface area contributed by atoms with Gasteiger partial charge in [-0.15, -0.1) is 0 Å². The molecule has 17 heavy (non-hydrogen) atoms. The number of likely N-dealkylation sites (N-methyl/N-ethyl adjacent to an activating group) is 1. The summed E-state index contributed by atoms with van der Waals surface area (Å²) >= 11 is 0. The highest BCUT2D eigenvalue weighted by Gasteiger charge is 2.31. The third-order valence-electron chi connectivity index (χ3n) is 4.67. The fourth-order valence-electron chi connectivity index (χ4n) is 2.90. The van der Waals surface area contributed by atoms with Gasteiger partial charge in [0.2, 0.25) is 0 Å². The fraction of sp³-hybridized carbons (Fsp3) is 1.00. The zero-order valence-corrected chi connectivity index (χ0v) is 12.5. The van der Waals surface area contributed by atoms with E-state index in [2.05, 4.69) is 39.6 Å². The van der Waals surface area contributed by atoms with Gasteiger partial charge in [0.05, 0.1) is 0 Å². The first kappa shape index (κ1) is 15.0. The molecule has 1 saturated carbocycles. The van der Waals surface area contributed by atoms with Crippen molar-refractivity contribution >= 4 is 0 Å². The van der Waals surface area contributed by atoms with E-state index in [0.29, 0.717) is 23.5 Å². The topological polar surface area (TPSA) is 29.3 Å². The van der Waals surface area contributed by atoms with Gasteiger partial charge in [-0.2, -0.15) is 0 Å². The molecule has 2 N–H and O–H groups in total. The van der Waals surface area contributed by atoms with Crippen molar-refractivity contribution in [3.05, 3.63) is 0 Å². The summed E-state index contributed by atoms with van der Waals surface area (Å²) in [7, 11) is 2.27. The molecule has 0 aliphatic heterocycles. The minimum Gasteiger partial charge on any atom is -0.326 e. The summed E-state index contributed by atoms with van der Waals surface area (Å²) in [6.07, 6.45) is 7.90. The van der Waals surface area contributed by atoms with Crippen LogP contribution < -0.4 is 5.73 Å². The van der Waals surface area contributed by atoms with E-state index >= 15 is 0 Å². The second kappa shape index (κ2) is 6.19. The van der Waals surface area contributed by atoms with Crippen molar-refractivity contribution < 1.29 is 0 Å². The monoisotopic (exact) mass is 240 g/mol. The Kier molecular flexibility index (Phi) is 5.46. The van der Waals surface area contributed by atoms with Gasteiger partial charge in [0.25, 0.3) is 0 Å². The summed E-state index contributed by atoms with van der Waals surface area (Å²) in [5, 5.41) is 0. The Morgan fingerprint density at radius 2 is 1.59 bits per heavy atom.